The third-order valence-corrected chi connectivity index (χ3v) is 2.41. The van der Waals surface area contributed by atoms with Gasteiger partial charge in [0.15, 0.2) is 0 Å². The Hall–Kier alpha value is 0.820. The lowest BCUT2D eigenvalue weighted by molar-refractivity contribution is 0.378. The van der Waals surface area contributed by atoms with E-state index in [9.17, 15) is 0 Å². The number of hydrogen-bond donors (Lipinski definition) is 0. The molecule has 2 unspecified atom stereocenters. The molecular formula is C5H13NP2. The van der Waals surface area contributed by atoms with Crippen molar-refractivity contribution in [1.82, 2.24) is 4.90 Å². The number of likely N-dealkylation sites (tertiary alicyclic amines) is 1. The molecule has 1 fully saturated rings. The summed E-state index contributed by atoms with van der Waals surface area (Å²) >= 11 is 0. The Morgan fingerprint density at radius 2 is 1.62 bits per heavy atom. The molecule has 0 bridgehead atoms. The summed E-state index contributed by atoms with van der Waals surface area (Å²) in [6.07, 6.45) is 2.78. The maximum atomic E-state index is 2.79. The van der Waals surface area contributed by atoms with Gasteiger partial charge in [0.2, 0.25) is 0 Å². The zero-order chi connectivity index (χ0) is 5.98. The van der Waals surface area contributed by atoms with Gasteiger partial charge in [0.25, 0.3) is 0 Å². The molecule has 3 heteroatoms. The van der Waals surface area contributed by atoms with E-state index in [-0.39, 0.29) is 0 Å². The average molecular weight is 149 g/mol. The molecule has 1 rings (SSSR count). The third-order valence-electron chi connectivity index (χ3n) is 1.56. The zero-order valence-corrected chi connectivity index (χ0v) is 7.32. The van der Waals surface area contributed by atoms with Gasteiger partial charge in [0.1, 0.15) is 0 Å². The fraction of sp³-hybridized carbons (Fsp3) is 1.00. The monoisotopic (exact) mass is 149 g/mol. The van der Waals surface area contributed by atoms with E-state index in [1.165, 1.54) is 25.9 Å². The summed E-state index contributed by atoms with van der Waals surface area (Å²) in [7, 11) is 5.58. The lowest BCUT2D eigenvalue weighted by Gasteiger charge is -2.17. The van der Waals surface area contributed by atoms with Crippen LogP contribution in [-0.4, -0.2) is 23.5 Å². The SMILES string of the molecule is PC(P)N1CCCC1. The molecule has 0 aromatic heterocycles. The van der Waals surface area contributed by atoms with Crippen molar-refractivity contribution in [3.8, 4) is 0 Å². The van der Waals surface area contributed by atoms with Crippen LogP contribution in [0.1, 0.15) is 12.8 Å². The molecule has 0 saturated carbocycles. The Morgan fingerprint density at radius 1 is 1.12 bits per heavy atom. The van der Waals surface area contributed by atoms with Crippen molar-refractivity contribution < 1.29 is 0 Å². The third kappa shape index (κ3) is 1.65. The summed E-state index contributed by atoms with van der Waals surface area (Å²) in [6, 6.07) is 0. The highest BCUT2D eigenvalue weighted by molar-refractivity contribution is 7.37. The van der Waals surface area contributed by atoms with E-state index in [0.717, 1.165) is 0 Å². The van der Waals surface area contributed by atoms with Gasteiger partial charge < -0.3 is 0 Å². The minimum atomic E-state index is 0.609. The van der Waals surface area contributed by atoms with Crippen LogP contribution in [0.4, 0.5) is 0 Å². The average Bonchev–Trinajstić information content (AvgIpc) is 2.12. The van der Waals surface area contributed by atoms with Crippen LogP contribution in [0.5, 0.6) is 0 Å². The first-order valence-corrected chi connectivity index (χ1v) is 4.39. The summed E-state index contributed by atoms with van der Waals surface area (Å²) in [6.45, 7) is 2.58. The summed E-state index contributed by atoms with van der Waals surface area (Å²) in [4.78, 5) is 2.45. The number of rotatable bonds is 1. The molecule has 2 atom stereocenters. The van der Waals surface area contributed by atoms with E-state index < -0.39 is 0 Å². The summed E-state index contributed by atoms with van der Waals surface area (Å²) in [5.41, 5.74) is 0.609. The van der Waals surface area contributed by atoms with Crippen molar-refractivity contribution in [2.24, 2.45) is 0 Å². The predicted molar refractivity (Wildman–Crippen MR) is 44.0 cm³/mol. The molecule has 1 heterocycles. The van der Waals surface area contributed by atoms with Crippen molar-refractivity contribution in [2.45, 2.75) is 18.4 Å². The molecule has 48 valence electrons. The van der Waals surface area contributed by atoms with Gasteiger partial charge in [-0.25, -0.2) is 0 Å². The normalized spacial score (nSPS) is 22.9. The van der Waals surface area contributed by atoms with Gasteiger partial charge in [0.05, 0.1) is 0 Å². The molecule has 1 aliphatic heterocycles. The van der Waals surface area contributed by atoms with Gasteiger partial charge >= 0.3 is 0 Å². The molecule has 0 aromatic rings. The Bertz CT molecular complexity index is 68.8. The lowest BCUT2D eigenvalue weighted by Crippen LogP contribution is -2.22. The minimum Gasteiger partial charge on any atom is -0.294 e. The van der Waals surface area contributed by atoms with Gasteiger partial charge in [-0.3, -0.25) is 4.90 Å². The minimum absolute atomic E-state index is 0.609. The molecule has 0 spiro atoms. The van der Waals surface area contributed by atoms with Crippen LogP contribution in [0, 0.1) is 0 Å². The molecule has 0 radical (unpaired) electrons. The van der Waals surface area contributed by atoms with Crippen molar-refractivity contribution in [3.05, 3.63) is 0 Å². The van der Waals surface area contributed by atoms with Gasteiger partial charge in [-0.1, -0.05) is 0 Å². The highest BCUT2D eigenvalue weighted by Crippen LogP contribution is 2.20. The van der Waals surface area contributed by atoms with E-state index in [2.05, 4.69) is 23.4 Å². The molecule has 1 saturated heterocycles. The fourth-order valence-corrected chi connectivity index (χ4v) is 1.64. The van der Waals surface area contributed by atoms with Crippen LogP contribution >= 0.6 is 18.5 Å². The second-order valence-electron chi connectivity index (χ2n) is 2.23. The molecule has 8 heavy (non-hydrogen) atoms. The predicted octanol–water partition coefficient (Wildman–Crippen LogP) is 1.12. The first-order chi connectivity index (χ1) is 3.80. The van der Waals surface area contributed by atoms with E-state index in [1.807, 2.05) is 0 Å². The van der Waals surface area contributed by atoms with Crippen LogP contribution in [0.2, 0.25) is 0 Å². The van der Waals surface area contributed by atoms with E-state index in [1.54, 1.807) is 0 Å². The standard InChI is InChI=1S/C5H13NP2/c7-5(8)6-3-1-2-4-6/h5H,1-4,7-8H2. The van der Waals surface area contributed by atoms with Crippen LogP contribution in [0.15, 0.2) is 0 Å². The highest BCUT2D eigenvalue weighted by Gasteiger charge is 2.13. The van der Waals surface area contributed by atoms with Crippen LogP contribution in [-0.2, 0) is 0 Å². The van der Waals surface area contributed by atoms with Gasteiger partial charge in [-0.05, 0) is 25.9 Å². The van der Waals surface area contributed by atoms with E-state index >= 15 is 0 Å². The second-order valence-corrected chi connectivity index (χ2v) is 4.37. The van der Waals surface area contributed by atoms with Crippen LogP contribution < -0.4 is 0 Å². The molecular weight excluding hydrogens is 136 g/mol. The van der Waals surface area contributed by atoms with Crippen molar-refractivity contribution in [2.75, 3.05) is 13.1 Å². The molecule has 1 aliphatic rings. The molecule has 0 amide bonds. The van der Waals surface area contributed by atoms with E-state index in [4.69, 9.17) is 0 Å². The second kappa shape index (κ2) is 3.11. The topological polar surface area (TPSA) is 3.24 Å². The largest absolute Gasteiger partial charge is 0.294 e. The summed E-state index contributed by atoms with van der Waals surface area (Å²) in [5, 5.41) is 0. The van der Waals surface area contributed by atoms with Gasteiger partial charge in [-0.2, -0.15) is 0 Å². The smallest absolute Gasteiger partial charge is 0.0378 e. The Labute approximate surface area is 55.6 Å². The molecule has 0 N–H and O–H groups in total. The zero-order valence-electron chi connectivity index (χ0n) is 5.01. The molecule has 0 aliphatic carbocycles. The fourth-order valence-electron chi connectivity index (χ4n) is 1.04. The van der Waals surface area contributed by atoms with Crippen LogP contribution in [0.25, 0.3) is 0 Å². The van der Waals surface area contributed by atoms with Crippen molar-refractivity contribution in [1.29, 1.82) is 0 Å². The Balaban J connectivity index is 2.24. The molecule has 0 aromatic carbocycles. The molecule has 1 nitrogen and oxygen atoms in total. The summed E-state index contributed by atoms with van der Waals surface area (Å²) in [5.74, 6) is 0. The van der Waals surface area contributed by atoms with Gasteiger partial charge in [-0.15, -0.1) is 18.5 Å². The first kappa shape index (κ1) is 6.93. The van der Waals surface area contributed by atoms with Crippen molar-refractivity contribution >= 4 is 18.5 Å². The van der Waals surface area contributed by atoms with Gasteiger partial charge in [0, 0.05) is 5.52 Å². The maximum absolute atomic E-state index is 2.79. The maximum Gasteiger partial charge on any atom is 0.0378 e. The van der Waals surface area contributed by atoms with E-state index in [0.29, 0.717) is 5.52 Å². The van der Waals surface area contributed by atoms with Crippen LogP contribution in [0.3, 0.4) is 0 Å². The highest BCUT2D eigenvalue weighted by atomic mass is 31.1. The lowest BCUT2D eigenvalue weighted by atomic mass is 10.4. The first-order valence-electron chi connectivity index (χ1n) is 3.06. The number of nitrogens with zero attached hydrogens (tertiary/aromatic N) is 1. The Kier molecular flexibility index (Phi) is 2.69. The Morgan fingerprint density at radius 3 is 1.88 bits per heavy atom. The number of hydrogen-bond acceptors (Lipinski definition) is 1. The van der Waals surface area contributed by atoms with Crippen molar-refractivity contribution in [3.63, 3.8) is 0 Å². The quantitative estimate of drug-likeness (QED) is 0.505. The summed E-state index contributed by atoms with van der Waals surface area (Å²) < 4.78 is 0.